The summed E-state index contributed by atoms with van der Waals surface area (Å²) in [7, 11) is 0. The lowest BCUT2D eigenvalue weighted by atomic mass is 10.00. The Hall–Kier alpha value is -2.90. The number of carbonyl (C=O) groups is 1. The second-order valence-electron chi connectivity index (χ2n) is 7.63. The Bertz CT molecular complexity index is 1060. The van der Waals surface area contributed by atoms with Gasteiger partial charge < -0.3 is 24.9 Å². The van der Waals surface area contributed by atoms with Crippen molar-refractivity contribution in [3.05, 3.63) is 64.1 Å². The van der Waals surface area contributed by atoms with Gasteiger partial charge in [-0.25, -0.2) is 4.98 Å². The summed E-state index contributed by atoms with van der Waals surface area (Å²) in [5.74, 6) is -0.173. The van der Waals surface area contributed by atoms with Crippen LogP contribution >= 0.6 is 0 Å². The topological polar surface area (TPSA) is 87.9 Å². The van der Waals surface area contributed by atoms with E-state index in [1.807, 2.05) is 30.5 Å². The van der Waals surface area contributed by atoms with Gasteiger partial charge in [0.05, 0.1) is 36.8 Å². The highest BCUT2D eigenvalue weighted by Crippen LogP contribution is 2.24. The van der Waals surface area contributed by atoms with Crippen LogP contribution in [0.5, 0.6) is 0 Å². The molecule has 1 aromatic carbocycles. The van der Waals surface area contributed by atoms with E-state index in [9.17, 15) is 4.79 Å². The van der Waals surface area contributed by atoms with E-state index >= 15 is 0 Å². The second-order valence-corrected chi connectivity index (χ2v) is 7.63. The minimum Gasteiger partial charge on any atom is -0.394 e. The number of imidazole rings is 1. The van der Waals surface area contributed by atoms with Crippen LogP contribution in [0.15, 0.2) is 30.5 Å². The Morgan fingerprint density at radius 1 is 1.23 bits per heavy atom. The molecule has 0 radical (unpaired) electrons. The molecule has 2 aromatic heterocycles. The fourth-order valence-corrected chi connectivity index (χ4v) is 3.66. The molecule has 0 fully saturated rings. The number of ether oxygens (including phenoxy) is 1. The molecule has 3 rings (SSSR count). The van der Waals surface area contributed by atoms with E-state index in [2.05, 4.69) is 42.7 Å². The van der Waals surface area contributed by atoms with Gasteiger partial charge in [0.15, 0.2) is 5.65 Å². The maximum atomic E-state index is 12.7. The van der Waals surface area contributed by atoms with Crippen LogP contribution in [0.1, 0.15) is 45.4 Å². The van der Waals surface area contributed by atoms with E-state index in [4.69, 9.17) is 14.8 Å². The number of benzene rings is 1. The highest BCUT2D eigenvalue weighted by molar-refractivity contribution is 5.96. The molecule has 0 aliphatic carbocycles. The summed E-state index contributed by atoms with van der Waals surface area (Å²) in [6.07, 6.45) is 2.79. The van der Waals surface area contributed by atoms with Gasteiger partial charge in [0.1, 0.15) is 0 Å². The van der Waals surface area contributed by atoms with Crippen LogP contribution in [0.4, 0.5) is 5.69 Å². The number of aromatic nitrogens is 2. The van der Waals surface area contributed by atoms with Crippen molar-refractivity contribution in [1.29, 1.82) is 0 Å². The number of aliphatic hydroxyl groups excluding tert-OH is 1. The molecule has 0 saturated heterocycles. The number of anilines is 1. The lowest BCUT2D eigenvalue weighted by molar-refractivity contribution is 0.0838. The highest BCUT2D eigenvalue weighted by Gasteiger charge is 2.15. The van der Waals surface area contributed by atoms with Crippen LogP contribution in [-0.4, -0.2) is 46.8 Å². The van der Waals surface area contributed by atoms with Crippen molar-refractivity contribution in [2.24, 2.45) is 0 Å². The van der Waals surface area contributed by atoms with E-state index in [1.54, 1.807) is 0 Å². The number of pyridine rings is 1. The lowest BCUT2D eigenvalue weighted by Crippen LogP contribution is -2.28. The summed E-state index contributed by atoms with van der Waals surface area (Å²) in [6.45, 7) is 9.89. The van der Waals surface area contributed by atoms with Gasteiger partial charge in [0.25, 0.3) is 5.91 Å². The number of amides is 1. The molecule has 0 saturated carbocycles. The van der Waals surface area contributed by atoms with Gasteiger partial charge in [-0.15, -0.1) is 0 Å². The predicted octanol–water partition coefficient (Wildman–Crippen LogP) is 3.17. The van der Waals surface area contributed by atoms with Gasteiger partial charge in [0, 0.05) is 25.0 Å². The minimum absolute atomic E-state index is 0.0282. The average molecular weight is 425 g/mol. The Balaban J connectivity index is 1.86. The number of nitrogens with one attached hydrogen (secondary N) is 2. The first-order valence-corrected chi connectivity index (χ1v) is 10.7. The maximum Gasteiger partial charge on any atom is 0.252 e. The molecule has 0 bridgehead atoms. The molecule has 0 spiro atoms. The first kappa shape index (κ1) is 22.8. The monoisotopic (exact) mass is 424 g/mol. The molecule has 2 heterocycles. The summed E-state index contributed by atoms with van der Waals surface area (Å²) in [6, 6.07) is 8.23. The van der Waals surface area contributed by atoms with Crippen molar-refractivity contribution in [3.8, 4) is 0 Å². The number of aliphatic hydroxyl groups is 1. The van der Waals surface area contributed by atoms with Crippen molar-refractivity contribution in [2.45, 2.75) is 40.7 Å². The number of hydrogen-bond acceptors (Lipinski definition) is 5. The molecule has 166 valence electrons. The Morgan fingerprint density at radius 2 is 2.03 bits per heavy atom. The summed E-state index contributed by atoms with van der Waals surface area (Å²) in [5.41, 5.74) is 7.96. The third-order valence-electron chi connectivity index (χ3n) is 5.57. The first-order valence-electron chi connectivity index (χ1n) is 10.7. The normalized spacial score (nSPS) is 11.1. The van der Waals surface area contributed by atoms with Crippen molar-refractivity contribution < 1.29 is 14.6 Å². The molecule has 3 aromatic rings. The fourth-order valence-electron chi connectivity index (χ4n) is 3.66. The van der Waals surface area contributed by atoms with Crippen molar-refractivity contribution in [3.63, 3.8) is 0 Å². The van der Waals surface area contributed by atoms with Crippen LogP contribution in [0.3, 0.4) is 0 Å². The number of carbonyl (C=O) groups excluding carboxylic acids is 1. The third-order valence-corrected chi connectivity index (χ3v) is 5.57. The van der Waals surface area contributed by atoms with Gasteiger partial charge in [-0.1, -0.05) is 25.1 Å². The molecule has 0 atom stereocenters. The van der Waals surface area contributed by atoms with Crippen molar-refractivity contribution in [2.75, 3.05) is 31.7 Å². The highest BCUT2D eigenvalue weighted by atomic mass is 16.5. The van der Waals surface area contributed by atoms with Gasteiger partial charge in [0.2, 0.25) is 0 Å². The molecule has 0 aliphatic heterocycles. The zero-order chi connectivity index (χ0) is 22.4. The van der Waals surface area contributed by atoms with E-state index in [-0.39, 0.29) is 19.1 Å². The smallest absolute Gasteiger partial charge is 0.252 e. The molecular weight excluding hydrogens is 392 g/mol. The van der Waals surface area contributed by atoms with Gasteiger partial charge in [-0.3, -0.25) is 4.79 Å². The molecule has 7 nitrogen and oxygen atoms in total. The van der Waals surface area contributed by atoms with Crippen LogP contribution in [0.25, 0.3) is 5.65 Å². The lowest BCUT2D eigenvalue weighted by Gasteiger charge is -2.15. The number of fused-ring (bicyclic) bond motifs is 1. The summed E-state index contributed by atoms with van der Waals surface area (Å²) in [5, 5.41) is 15.2. The zero-order valence-corrected chi connectivity index (χ0v) is 18.8. The van der Waals surface area contributed by atoms with Crippen molar-refractivity contribution in [1.82, 2.24) is 14.7 Å². The van der Waals surface area contributed by atoms with E-state index < -0.39 is 0 Å². The summed E-state index contributed by atoms with van der Waals surface area (Å²) < 4.78 is 7.18. The quantitative estimate of drug-likeness (QED) is 0.435. The molecule has 3 N–H and O–H groups in total. The summed E-state index contributed by atoms with van der Waals surface area (Å²) in [4.78, 5) is 17.5. The largest absolute Gasteiger partial charge is 0.394 e. The number of nitrogens with zero attached hydrogens (tertiary/aromatic N) is 2. The van der Waals surface area contributed by atoms with Gasteiger partial charge >= 0.3 is 0 Å². The molecule has 0 aliphatic rings. The SMILES string of the molecule is CCc1cccc(C)c1CNc1cc(C(=O)NCCOCCO)cn2c(C)c(C)nc12. The molecular formula is C24H32N4O3. The Morgan fingerprint density at radius 3 is 2.77 bits per heavy atom. The van der Waals surface area contributed by atoms with Crippen LogP contribution < -0.4 is 10.6 Å². The Labute approximate surface area is 183 Å². The average Bonchev–Trinajstić information content (AvgIpc) is 3.06. The third kappa shape index (κ3) is 5.24. The van der Waals surface area contributed by atoms with Crippen molar-refractivity contribution >= 4 is 17.2 Å². The molecule has 0 unspecified atom stereocenters. The Kier molecular flexibility index (Phi) is 7.65. The van der Waals surface area contributed by atoms with E-state index in [0.29, 0.717) is 25.3 Å². The summed E-state index contributed by atoms with van der Waals surface area (Å²) >= 11 is 0. The molecule has 7 heteroatoms. The number of aryl methyl sites for hydroxylation is 4. The number of hydrogen-bond donors (Lipinski definition) is 3. The second kappa shape index (κ2) is 10.4. The van der Waals surface area contributed by atoms with Gasteiger partial charge in [-0.05, 0) is 49.9 Å². The number of rotatable bonds is 10. The van der Waals surface area contributed by atoms with Crippen LogP contribution in [-0.2, 0) is 17.7 Å². The zero-order valence-electron chi connectivity index (χ0n) is 18.8. The first-order chi connectivity index (χ1) is 15.0. The molecule has 1 amide bonds. The van der Waals surface area contributed by atoms with Crippen LogP contribution in [0.2, 0.25) is 0 Å². The standard InChI is InChI=1S/C24H32N4O3/c1-5-19-8-6-7-16(2)21(19)14-26-22-13-20(24(30)25-9-11-31-12-10-29)15-28-18(4)17(3)27-23(22)28/h6-8,13,15,26,29H,5,9-12,14H2,1-4H3,(H,25,30). The van der Waals surface area contributed by atoms with E-state index in [0.717, 1.165) is 29.1 Å². The van der Waals surface area contributed by atoms with E-state index in [1.165, 1.54) is 16.7 Å². The maximum absolute atomic E-state index is 12.7. The molecule has 31 heavy (non-hydrogen) atoms. The fraction of sp³-hybridized carbons (Fsp3) is 0.417. The van der Waals surface area contributed by atoms with Gasteiger partial charge in [-0.2, -0.15) is 0 Å². The van der Waals surface area contributed by atoms with Crippen LogP contribution in [0, 0.1) is 20.8 Å². The minimum atomic E-state index is -0.173. The predicted molar refractivity (Wildman–Crippen MR) is 123 cm³/mol.